The second-order valence-corrected chi connectivity index (χ2v) is 7.55. The normalized spacial score (nSPS) is 11.0. The van der Waals surface area contributed by atoms with E-state index in [2.05, 4.69) is 33.8 Å². The van der Waals surface area contributed by atoms with E-state index in [-0.39, 0.29) is 11.6 Å². The highest BCUT2D eigenvalue weighted by Gasteiger charge is 2.19. The largest absolute Gasteiger partial charge is 0.493 e. The van der Waals surface area contributed by atoms with Crippen molar-refractivity contribution in [2.75, 3.05) is 12.4 Å². The fourth-order valence-electron chi connectivity index (χ4n) is 3.47. The topological polar surface area (TPSA) is 74.0 Å². The summed E-state index contributed by atoms with van der Waals surface area (Å²) < 4.78 is 9.14. The van der Waals surface area contributed by atoms with Gasteiger partial charge in [-0.3, -0.25) is 4.79 Å². The molecule has 2 aromatic heterocycles. The molecule has 1 amide bonds. The lowest BCUT2D eigenvalue weighted by atomic mass is 10.1. The second-order valence-electron chi connectivity index (χ2n) is 7.55. The smallest absolute Gasteiger partial charge is 0.280 e. The van der Waals surface area contributed by atoms with E-state index >= 15 is 0 Å². The standard InChI is InChI=1S/C24H25N5O2/c1-17(2)23-25-12-13-28(23)15-18-8-7-9-19(14-18)26-24(30)22-21(31-3)16-29(27-22)20-10-5-4-6-11-20/h4-14,16-17H,15H2,1-3H3,(H,26,30). The van der Waals surface area contributed by atoms with Crippen molar-refractivity contribution in [3.63, 3.8) is 0 Å². The number of nitrogens with one attached hydrogen (secondary N) is 1. The summed E-state index contributed by atoms with van der Waals surface area (Å²) in [6.45, 7) is 4.93. The van der Waals surface area contributed by atoms with Gasteiger partial charge in [0.05, 0.1) is 19.0 Å². The Labute approximate surface area is 181 Å². The van der Waals surface area contributed by atoms with E-state index in [1.54, 1.807) is 10.9 Å². The number of carbonyl (C=O) groups excluding carboxylic acids is 1. The SMILES string of the molecule is COc1cn(-c2ccccc2)nc1C(=O)Nc1cccc(Cn2ccnc2C(C)C)c1. The van der Waals surface area contributed by atoms with Gasteiger partial charge in [0.15, 0.2) is 11.4 Å². The average molecular weight is 415 g/mol. The van der Waals surface area contributed by atoms with E-state index in [0.717, 1.165) is 17.1 Å². The molecule has 0 aliphatic rings. The van der Waals surface area contributed by atoms with Crippen molar-refractivity contribution in [2.24, 2.45) is 0 Å². The first-order chi connectivity index (χ1) is 15.0. The van der Waals surface area contributed by atoms with Crippen LogP contribution in [0, 0.1) is 0 Å². The molecule has 0 aliphatic carbocycles. The van der Waals surface area contributed by atoms with Crippen molar-refractivity contribution in [2.45, 2.75) is 26.3 Å². The molecule has 0 fully saturated rings. The number of aromatic nitrogens is 4. The summed E-state index contributed by atoms with van der Waals surface area (Å²) in [5.41, 5.74) is 2.85. The summed E-state index contributed by atoms with van der Waals surface area (Å²) in [6, 6.07) is 17.4. The molecule has 1 N–H and O–H groups in total. The van der Waals surface area contributed by atoms with Gasteiger partial charge in [-0.15, -0.1) is 0 Å². The Balaban J connectivity index is 1.53. The van der Waals surface area contributed by atoms with E-state index in [1.165, 1.54) is 7.11 Å². The average Bonchev–Trinajstić information content (AvgIpc) is 3.42. The Kier molecular flexibility index (Phi) is 5.84. The summed E-state index contributed by atoms with van der Waals surface area (Å²) in [7, 11) is 1.53. The minimum atomic E-state index is -0.325. The van der Waals surface area contributed by atoms with E-state index in [1.807, 2.05) is 67.0 Å². The highest BCUT2D eigenvalue weighted by molar-refractivity contribution is 6.04. The number of nitrogens with zero attached hydrogens (tertiary/aromatic N) is 4. The van der Waals surface area contributed by atoms with Crippen molar-refractivity contribution >= 4 is 11.6 Å². The van der Waals surface area contributed by atoms with Crippen LogP contribution < -0.4 is 10.1 Å². The quantitative estimate of drug-likeness (QED) is 0.482. The monoisotopic (exact) mass is 415 g/mol. The predicted molar refractivity (Wildman–Crippen MR) is 120 cm³/mol. The maximum Gasteiger partial charge on any atom is 0.280 e. The first kappa shape index (κ1) is 20.4. The fraction of sp³-hybridized carbons (Fsp3) is 0.208. The van der Waals surface area contributed by atoms with Gasteiger partial charge in [-0.25, -0.2) is 9.67 Å². The molecule has 4 rings (SSSR count). The van der Waals surface area contributed by atoms with Crippen molar-refractivity contribution in [3.8, 4) is 11.4 Å². The van der Waals surface area contributed by atoms with Gasteiger partial charge in [0.1, 0.15) is 5.82 Å². The van der Waals surface area contributed by atoms with Gasteiger partial charge in [-0.2, -0.15) is 5.10 Å². The molecule has 4 aromatic rings. The maximum atomic E-state index is 12.9. The zero-order valence-electron chi connectivity index (χ0n) is 17.8. The maximum absolute atomic E-state index is 12.9. The van der Waals surface area contributed by atoms with Crippen LogP contribution in [0.25, 0.3) is 5.69 Å². The Morgan fingerprint density at radius 1 is 1.13 bits per heavy atom. The molecule has 31 heavy (non-hydrogen) atoms. The minimum Gasteiger partial charge on any atom is -0.493 e. The molecule has 0 saturated carbocycles. The first-order valence-corrected chi connectivity index (χ1v) is 10.2. The summed E-state index contributed by atoms with van der Waals surface area (Å²) >= 11 is 0. The number of imidazole rings is 1. The summed E-state index contributed by atoms with van der Waals surface area (Å²) in [6.07, 6.45) is 5.49. The summed E-state index contributed by atoms with van der Waals surface area (Å²) in [4.78, 5) is 17.4. The molecule has 158 valence electrons. The third-order valence-corrected chi connectivity index (χ3v) is 4.94. The number of amides is 1. The van der Waals surface area contributed by atoms with Crippen molar-refractivity contribution in [1.29, 1.82) is 0 Å². The molecule has 0 spiro atoms. The minimum absolute atomic E-state index is 0.230. The molecule has 7 heteroatoms. The molecule has 0 bridgehead atoms. The van der Waals surface area contributed by atoms with Crippen LogP contribution in [0.2, 0.25) is 0 Å². The lowest BCUT2D eigenvalue weighted by Crippen LogP contribution is -2.14. The number of rotatable bonds is 7. The van der Waals surface area contributed by atoms with Gasteiger partial charge in [-0.1, -0.05) is 44.2 Å². The number of para-hydroxylation sites is 1. The number of hydrogen-bond acceptors (Lipinski definition) is 4. The van der Waals surface area contributed by atoms with Crippen LogP contribution in [-0.2, 0) is 6.54 Å². The number of anilines is 1. The van der Waals surface area contributed by atoms with Gasteiger partial charge < -0.3 is 14.6 Å². The first-order valence-electron chi connectivity index (χ1n) is 10.2. The third kappa shape index (κ3) is 4.50. The van der Waals surface area contributed by atoms with Gasteiger partial charge in [0, 0.05) is 30.5 Å². The fourth-order valence-corrected chi connectivity index (χ4v) is 3.47. The molecule has 0 saturated heterocycles. The van der Waals surface area contributed by atoms with Gasteiger partial charge >= 0.3 is 0 Å². The number of hydrogen-bond donors (Lipinski definition) is 1. The predicted octanol–water partition coefficient (Wildman–Crippen LogP) is 4.50. The molecule has 0 unspecified atom stereocenters. The lowest BCUT2D eigenvalue weighted by molar-refractivity contribution is 0.101. The van der Waals surface area contributed by atoms with Crippen LogP contribution in [0.5, 0.6) is 5.75 Å². The van der Waals surface area contributed by atoms with E-state index in [0.29, 0.717) is 23.9 Å². The molecule has 0 radical (unpaired) electrons. The molecule has 0 aliphatic heterocycles. The molecular formula is C24H25N5O2. The third-order valence-electron chi connectivity index (χ3n) is 4.94. The van der Waals surface area contributed by atoms with Gasteiger partial charge in [0.25, 0.3) is 5.91 Å². The van der Waals surface area contributed by atoms with Gasteiger partial charge in [0.2, 0.25) is 0 Å². The molecule has 2 heterocycles. The zero-order valence-corrected chi connectivity index (χ0v) is 17.8. The summed E-state index contributed by atoms with van der Waals surface area (Å²) in [5, 5.41) is 7.36. The number of carbonyl (C=O) groups is 1. The van der Waals surface area contributed by atoms with Crippen molar-refractivity contribution < 1.29 is 9.53 Å². The molecule has 2 aromatic carbocycles. The molecule has 0 atom stereocenters. The Bertz CT molecular complexity index is 1180. The Hall–Kier alpha value is -3.87. The Morgan fingerprint density at radius 2 is 1.94 bits per heavy atom. The number of methoxy groups -OCH3 is 1. The Morgan fingerprint density at radius 3 is 2.68 bits per heavy atom. The van der Waals surface area contributed by atoms with Crippen LogP contribution in [0.1, 0.15) is 41.6 Å². The summed E-state index contributed by atoms with van der Waals surface area (Å²) in [5.74, 6) is 1.46. The second kappa shape index (κ2) is 8.87. The lowest BCUT2D eigenvalue weighted by Gasteiger charge is -2.12. The van der Waals surface area contributed by atoms with Crippen LogP contribution in [0.15, 0.2) is 73.2 Å². The van der Waals surface area contributed by atoms with Crippen LogP contribution >= 0.6 is 0 Å². The van der Waals surface area contributed by atoms with Crippen molar-refractivity contribution in [1.82, 2.24) is 19.3 Å². The van der Waals surface area contributed by atoms with Crippen molar-refractivity contribution in [3.05, 3.63) is 90.3 Å². The van der Waals surface area contributed by atoms with Crippen LogP contribution in [-0.4, -0.2) is 32.3 Å². The highest BCUT2D eigenvalue weighted by Crippen LogP contribution is 2.22. The molecular weight excluding hydrogens is 390 g/mol. The van der Waals surface area contributed by atoms with E-state index < -0.39 is 0 Å². The highest BCUT2D eigenvalue weighted by atomic mass is 16.5. The van der Waals surface area contributed by atoms with E-state index in [9.17, 15) is 4.79 Å². The van der Waals surface area contributed by atoms with Crippen LogP contribution in [0.4, 0.5) is 5.69 Å². The molecule has 7 nitrogen and oxygen atoms in total. The zero-order chi connectivity index (χ0) is 21.8. The van der Waals surface area contributed by atoms with Crippen LogP contribution in [0.3, 0.4) is 0 Å². The van der Waals surface area contributed by atoms with Gasteiger partial charge in [-0.05, 0) is 29.8 Å². The number of ether oxygens (including phenoxy) is 1. The van der Waals surface area contributed by atoms with E-state index in [4.69, 9.17) is 4.74 Å². The number of benzene rings is 2.